The van der Waals surface area contributed by atoms with E-state index in [0.29, 0.717) is 24.3 Å². The summed E-state index contributed by atoms with van der Waals surface area (Å²) in [6.07, 6.45) is 12.5. The molecule has 1 aromatic heterocycles. The quantitative estimate of drug-likeness (QED) is 0.159. The van der Waals surface area contributed by atoms with Gasteiger partial charge in [-0.05, 0) is 56.8 Å². The smallest absolute Gasteiger partial charge is 0.330 e. The topological polar surface area (TPSA) is 152 Å². The molecule has 0 bridgehead atoms. The van der Waals surface area contributed by atoms with Crippen LogP contribution in [0.25, 0.3) is 6.08 Å². The Morgan fingerprint density at radius 3 is 2.64 bits per heavy atom. The van der Waals surface area contributed by atoms with Crippen LogP contribution in [0.15, 0.2) is 64.4 Å². The zero-order valence-electron chi connectivity index (χ0n) is 27.4. The SMILES string of the molecule is COC(=O)C[C@@H]1C/C=C\C(=O)O[C@@H]([C@H](C)[C@@H](O)/C(C)=C/C=C/C(C)=C/c2coc(C)n2)C[C@H](O)[C@]2(C)O[C@@H]2/C=C\[C@@H](C)[C@H](O)C1. The lowest BCUT2D eigenvalue weighted by atomic mass is 9.86. The van der Waals surface area contributed by atoms with Gasteiger partial charge in [0, 0.05) is 37.7 Å². The first-order chi connectivity index (χ1) is 21.2. The highest BCUT2D eigenvalue weighted by molar-refractivity contribution is 5.82. The van der Waals surface area contributed by atoms with E-state index in [0.717, 1.165) is 11.3 Å². The molecule has 0 aromatic carbocycles. The number of allylic oxidation sites excluding steroid dienone is 5. The Morgan fingerprint density at radius 2 is 1.98 bits per heavy atom. The van der Waals surface area contributed by atoms with E-state index in [1.807, 2.05) is 44.2 Å². The highest BCUT2D eigenvalue weighted by Gasteiger charge is 2.56. The number of aromatic nitrogens is 1. The monoisotopic (exact) mass is 627 g/mol. The van der Waals surface area contributed by atoms with Crippen molar-refractivity contribution < 1.29 is 43.5 Å². The van der Waals surface area contributed by atoms with Crippen molar-refractivity contribution in [2.75, 3.05) is 7.11 Å². The first-order valence-electron chi connectivity index (χ1n) is 15.5. The lowest BCUT2D eigenvalue weighted by Crippen LogP contribution is -2.40. The summed E-state index contributed by atoms with van der Waals surface area (Å²) in [5, 5.41) is 33.3. The number of rotatable bonds is 8. The van der Waals surface area contributed by atoms with Crippen LogP contribution in [0.4, 0.5) is 0 Å². The predicted octanol–water partition coefficient (Wildman–Crippen LogP) is 4.79. The van der Waals surface area contributed by atoms with Gasteiger partial charge >= 0.3 is 11.9 Å². The van der Waals surface area contributed by atoms with Crippen molar-refractivity contribution in [2.45, 2.75) is 103 Å². The molecule has 248 valence electrons. The summed E-state index contributed by atoms with van der Waals surface area (Å²) in [7, 11) is 1.32. The molecule has 1 fully saturated rings. The van der Waals surface area contributed by atoms with Gasteiger partial charge in [0.05, 0.1) is 25.4 Å². The van der Waals surface area contributed by atoms with E-state index in [4.69, 9.17) is 18.6 Å². The lowest BCUT2D eigenvalue weighted by molar-refractivity contribution is -0.150. The summed E-state index contributed by atoms with van der Waals surface area (Å²) in [4.78, 5) is 29.2. The van der Waals surface area contributed by atoms with Crippen LogP contribution in [0.5, 0.6) is 0 Å². The minimum atomic E-state index is -0.988. The summed E-state index contributed by atoms with van der Waals surface area (Å²) in [5.74, 6) is -1.48. The molecule has 3 heterocycles. The third-order valence-electron chi connectivity index (χ3n) is 8.73. The number of carbonyl (C=O) groups is 2. The minimum Gasteiger partial charge on any atom is -0.469 e. The van der Waals surface area contributed by atoms with E-state index in [-0.39, 0.29) is 30.8 Å². The molecule has 0 saturated carbocycles. The van der Waals surface area contributed by atoms with E-state index in [9.17, 15) is 24.9 Å². The summed E-state index contributed by atoms with van der Waals surface area (Å²) >= 11 is 0. The van der Waals surface area contributed by atoms with Crippen molar-refractivity contribution in [1.82, 2.24) is 4.98 Å². The second-order valence-corrected chi connectivity index (χ2v) is 12.5. The number of fused-ring (bicyclic) bond motifs is 1. The van der Waals surface area contributed by atoms with Gasteiger partial charge in [-0.15, -0.1) is 0 Å². The Hall–Kier alpha value is -3.31. The zero-order chi connectivity index (χ0) is 33.3. The molecule has 10 nitrogen and oxygen atoms in total. The van der Waals surface area contributed by atoms with E-state index < -0.39 is 47.9 Å². The molecule has 10 heteroatoms. The fraction of sp³-hybridized carbons (Fsp3) is 0.571. The Kier molecular flexibility index (Phi) is 13.1. The van der Waals surface area contributed by atoms with Crippen LogP contribution < -0.4 is 0 Å². The van der Waals surface area contributed by atoms with E-state index in [1.54, 1.807) is 46.1 Å². The van der Waals surface area contributed by atoms with Crippen LogP contribution in [0.3, 0.4) is 0 Å². The summed E-state index contributed by atoms with van der Waals surface area (Å²) in [6, 6.07) is 0. The van der Waals surface area contributed by atoms with Gasteiger partial charge in [0.2, 0.25) is 0 Å². The highest BCUT2D eigenvalue weighted by Crippen LogP contribution is 2.43. The third-order valence-corrected chi connectivity index (χ3v) is 8.73. The van der Waals surface area contributed by atoms with Gasteiger partial charge in [-0.25, -0.2) is 9.78 Å². The van der Waals surface area contributed by atoms with Crippen LogP contribution in [-0.4, -0.2) is 75.5 Å². The second kappa shape index (κ2) is 16.3. The van der Waals surface area contributed by atoms with Crippen molar-refractivity contribution in [3.63, 3.8) is 0 Å². The molecule has 1 saturated heterocycles. The number of ether oxygens (including phenoxy) is 3. The van der Waals surface area contributed by atoms with Crippen LogP contribution in [-0.2, 0) is 23.8 Å². The van der Waals surface area contributed by atoms with Gasteiger partial charge in [-0.3, -0.25) is 4.79 Å². The number of nitrogens with zero attached hydrogens (tertiary/aromatic N) is 1. The van der Waals surface area contributed by atoms with Crippen LogP contribution in [0.1, 0.15) is 71.9 Å². The van der Waals surface area contributed by atoms with Crippen molar-refractivity contribution in [1.29, 1.82) is 0 Å². The highest BCUT2D eigenvalue weighted by atomic mass is 16.6. The average molecular weight is 628 g/mol. The third kappa shape index (κ3) is 10.6. The normalized spacial score (nSPS) is 33.2. The molecule has 45 heavy (non-hydrogen) atoms. The summed E-state index contributed by atoms with van der Waals surface area (Å²) in [6.45, 7) is 10.9. The molecular formula is C35H49NO9. The molecule has 0 unspecified atom stereocenters. The van der Waals surface area contributed by atoms with Gasteiger partial charge in [-0.2, -0.15) is 0 Å². The number of hydrogen-bond donors (Lipinski definition) is 3. The molecule has 0 radical (unpaired) electrons. The van der Waals surface area contributed by atoms with E-state index >= 15 is 0 Å². The number of hydrogen-bond acceptors (Lipinski definition) is 10. The number of carbonyl (C=O) groups excluding carboxylic acids is 2. The van der Waals surface area contributed by atoms with Gasteiger partial charge < -0.3 is 33.9 Å². The van der Waals surface area contributed by atoms with Crippen LogP contribution in [0, 0.1) is 24.7 Å². The van der Waals surface area contributed by atoms with Crippen LogP contribution in [0.2, 0.25) is 0 Å². The molecule has 0 amide bonds. The number of esters is 2. The molecular weight excluding hydrogens is 578 g/mol. The number of aliphatic hydroxyl groups excluding tert-OH is 3. The number of aryl methyl sites for hydroxylation is 1. The molecule has 3 rings (SSSR count). The zero-order valence-corrected chi connectivity index (χ0v) is 27.4. The second-order valence-electron chi connectivity index (χ2n) is 12.5. The van der Waals surface area contributed by atoms with Crippen molar-refractivity contribution in [3.8, 4) is 0 Å². The first kappa shape index (κ1) is 36.2. The Bertz CT molecular complexity index is 1310. The minimum absolute atomic E-state index is 0.0455. The molecule has 0 spiro atoms. The number of methoxy groups -OCH3 is 1. The lowest BCUT2D eigenvalue weighted by Gasteiger charge is -2.30. The van der Waals surface area contributed by atoms with E-state index in [1.165, 1.54) is 13.2 Å². The van der Waals surface area contributed by atoms with Gasteiger partial charge in [0.25, 0.3) is 0 Å². The average Bonchev–Trinajstić information content (AvgIpc) is 3.50. The van der Waals surface area contributed by atoms with Crippen molar-refractivity contribution >= 4 is 18.0 Å². The van der Waals surface area contributed by atoms with Crippen LogP contribution >= 0.6 is 0 Å². The number of cyclic esters (lactones) is 1. The Morgan fingerprint density at radius 1 is 1.24 bits per heavy atom. The molecule has 2 aliphatic rings. The van der Waals surface area contributed by atoms with Crippen molar-refractivity contribution in [2.24, 2.45) is 17.8 Å². The Balaban J connectivity index is 1.79. The fourth-order valence-corrected chi connectivity index (χ4v) is 5.45. The van der Waals surface area contributed by atoms with E-state index in [2.05, 4.69) is 4.98 Å². The molecule has 9 atom stereocenters. The fourth-order valence-electron chi connectivity index (χ4n) is 5.45. The number of epoxide rings is 1. The Labute approximate surface area is 266 Å². The maximum Gasteiger partial charge on any atom is 0.330 e. The number of oxazole rings is 1. The maximum absolute atomic E-state index is 13.0. The predicted molar refractivity (Wildman–Crippen MR) is 170 cm³/mol. The van der Waals surface area contributed by atoms with Crippen molar-refractivity contribution in [3.05, 3.63) is 71.5 Å². The summed E-state index contributed by atoms with van der Waals surface area (Å²) in [5.41, 5.74) is 1.41. The van der Waals surface area contributed by atoms with Gasteiger partial charge in [0.1, 0.15) is 29.8 Å². The largest absolute Gasteiger partial charge is 0.469 e. The van der Waals surface area contributed by atoms with Gasteiger partial charge in [-0.1, -0.05) is 50.3 Å². The first-order valence-corrected chi connectivity index (χ1v) is 15.5. The van der Waals surface area contributed by atoms with Gasteiger partial charge in [0.15, 0.2) is 5.89 Å². The maximum atomic E-state index is 13.0. The number of aliphatic hydroxyl groups is 3. The molecule has 3 N–H and O–H groups in total. The molecule has 0 aliphatic carbocycles. The summed E-state index contributed by atoms with van der Waals surface area (Å²) < 4.78 is 21.7. The molecule has 1 aromatic rings. The molecule has 2 aliphatic heterocycles. The standard InChI is InChI=1S/C35H49NO9/c1-21(16-27-20-43-25(5)36-27)10-8-11-23(3)34(41)24(4)29-19-30(38)35(6)31(45-35)15-14-22(2)28(37)17-26(18-33(40)42-7)12-9-13-32(39)44-29/h8-11,13-16,20,22,24,26,28-31,34,37-38,41H,12,17-19H2,1-7H3/b10-8+,13-9-,15-14-,21-16+,23-11+/t22-,24+,26-,28-,29-,30+,31-,34+,35+/m1/s1.